The number of rotatable bonds is 1. The molecule has 0 saturated heterocycles. The number of aliphatic hydroxyl groups is 1. The van der Waals surface area contributed by atoms with Crippen LogP contribution in [0.4, 0.5) is 0 Å². The predicted molar refractivity (Wildman–Crippen MR) is 125 cm³/mol. The number of allylic oxidation sites excluding steroid dienone is 1. The van der Waals surface area contributed by atoms with Gasteiger partial charge in [0.15, 0.2) is 5.78 Å². The van der Waals surface area contributed by atoms with Crippen LogP contribution in [0.2, 0.25) is 0 Å². The van der Waals surface area contributed by atoms with Crippen molar-refractivity contribution in [3.05, 3.63) is 58.2 Å². The minimum atomic E-state index is -1.12. The Morgan fingerprint density at radius 2 is 1.78 bits per heavy atom. The maximum Gasteiger partial charge on any atom is 0.343 e. The molecule has 0 amide bonds. The molecule has 1 aromatic heterocycles. The average molecular weight is 435 g/mol. The third-order valence-corrected chi connectivity index (χ3v) is 10.2. The first-order valence-corrected chi connectivity index (χ1v) is 12.3. The molecule has 0 unspecified atom stereocenters. The van der Waals surface area contributed by atoms with Gasteiger partial charge in [0.05, 0.1) is 5.39 Å². The van der Waals surface area contributed by atoms with Crippen LogP contribution in [0.1, 0.15) is 72.4 Å². The highest BCUT2D eigenvalue weighted by Crippen LogP contribution is 2.69. The van der Waals surface area contributed by atoms with E-state index in [0.29, 0.717) is 41.7 Å². The van der Waals surface area contributed by atoms with Gasteiger partial charge in [-0.25, -0.2) is 4.79 Å². The van der Waals surface area contributed by atoms with E-state index in [1.807, 2.05) is 30.3 Å². The number of ketones is 1. The number of hydrogen-bond donors (Lipinski definition) is 1. The zero-order valence-corrected chi connectivity index (χ0v) is 19.0. The van der Waals surface area contributed by atoms with Crippen molar-refractivity contribution in [3.8, 4) is 0 Å². The molecular formula is C28H34O4. The van der Waals surface area contributed by atoms with Gasteiger partial charge in [-0.2, -0.15) is 0 Å². The van der Waals surface area contributed by atoms with Gasteiger partial charge in [-0.3, -0.25) is 4.79 Å². The molecule has 0 radical (unpaired) electrons. The number of hydrogen-bond acceptors (Lipinski definition) is 4. The first-order chi connectivity index (χ1) is 15.3. The third kappa shape index (κ3) is 2.53. The van der Waals surface area contributed by atoms with Crippen molar-refractivity contribution < 1.29 is 15.7 Å². The lowest BCUT2D eigenvalue weighted by atomic mass is 9.46. The molecular weight excluding hydrogens is 400 g/mol. The van der Waals surface area contributed by atoms with Gasteiger partial charge in [0, 0.05) is 13.3 Å². The molecule has 170 valence electrons. The second-order valence-electron chi connectivity index (χ2n) is 11.3. The maximum atomic E-state index is 12.7. The van der Waals surface area contributed by atoms with E-state index in [1.165, 1.54) is 5.57 Å². The summed E-state index contributed by atoms with van der Waals surface area (Å²) in [7, 11) is 0. The lowest BCUT2D eigenvalue weighted by Gasteiger charge is -2.58. The summed E-state index contributed by atoms with van der Waals surface area (Å²) in [6.07, 6.45) is 9.24. The van der Waals surface area contributed by atoms with Crippen LogP contribution in [0, 0.1) is 28.6 Å². The van der Waals surface area contributed by atoms with Crippen molar-refractivity contribution in [2.45, 2.75) is 70.8 Å². The van der Waals surface area contributed by atoms with Crippen LogP contribution < -0.4 is 5.63 Å². The first kappa shape index (κ1) is 20.4. The van der Waals surface area contributed by atoms with Crippen LogP contribution in [0.3, 0.4) is 0 Å². The number of carbonyl (C=O) groups is 1. The van der Waals surface area contributed by atoms with Crippen molar-refractivity contribution in [2.75, 3.05) is 0 Å². The molecule has 4 heteroatoms. The van der Waals surface area contributed by atoms with E-state index in [4.69, 9.17) is 4.42 Å². The molecule has 0 spiro atoms. The normalized spacial score (nSPS) is 41.0. The van der Waals surface area contributed by atoms with Crippen LogP contribution in [0.5, 0.6) is 0 Å². The fourth-order valence-electron chi connectivity index (χ4n) is 8.32. The van der Waals surface area contributed by atoms with E-state index < -0.39 is 5.60 Å². The van der Waals surface area contributed by atoms with Crippen molar-refractivity contribution in [1.29, 1.82) is 0 Å². The summed E-state index contributed by atoms with van der Waals surface area (Å²) in [5.74, 6) is 2.25. The van der Waals surface area contributed by atoms with Gasteiger partial charge in [-0.1, -0.05) is 37.6 Å². The first-order valence-electron chi connectivity index (χ1n) is 12.3. The molecule has 4 aliphatic rings. The minimum absolute atomic E-state index is 0. The Kier molecular flexibility index (Phi) is 4.25. The molecule has 2 aromatic rings. The summed E-state index contributed by atoms with van der Waals surface area (Å²) < 4.78 is 5.79. The molecule has 1 heterocycles. The fraction of sp³-hybridized carbons (Fsp3) is 0.571. The average Bonchev–Trinajstić information content (AvgIpc) is 3.06. The molecule has 4 aliphatic carbocycles. The van der Waals surface area contributed by atoms with Crippen LogP contribution in [0.15, 0.2) is 51.2 Å². The van der Waals surface area contributed by atoms with Gasteiger partial charge in [-0.05, 0) is 91.7 Å². The van der Waals surface area contributed by atoms with E-state index in [2.05, 4.69) is 13.8 Å². The Bertz CT molecular complexity index is 1210. The van der Waals surface area contributed by atoms with Crippen LogP contribution in [0.25, 0.3) is 10.8 Å². The van der Waals surface area contributed by atoms with Gasteiger partial charge in [0.1, 0.15) is 11.4 Å². The standard InChI is InChI=1S/C28H32O4.H2/c1-26-12-9-19(29)16-18(26)7-8-21-22(26)10-13-27(2)23(21)11-14-28(27,31)24-15-17-5-3-4-6-20(17)25(30)32-24;/h3-6,15-16,21-23,31H,7-14H2,1-2H3;1H/t21-,22+,23+,26+,27+,28-;/m1./s1. The van der Waals surface area contributed by atoms with Crippen molar-refractivity contribution in [3.63, 3.8) is 0 Å². The maximum absolute atomic E-state index is 12.7. The second-order valence-corrected chi connectivity index (χ2v) is 11.3. The van der Waals surface area contributed by atoms with E-state index in [-0.39, 0.29) is 23.7 Å². The lowest BCUT2D eigenvalue weighted by molar-refractivity contribution is -0.142. The lowest BCUT2D eigenvalue weighted by Crippen LogP contribution is -2.53. The number of fused-ring (bicyclic) bond motifs is 6. The SMILES string of the molecule is C[C@]12CCC(=O)C=C1CC[C@@H]1[C@@H]2CC[C@@]2(C)[C@H]1CC[C@@]2(O)c1cc2ccccc2c(=O)o1.[HH]. The largest absolute Gasteiger partial charge is 0.424 e. The van der Waals surface area contributed by atoms with Gasteiger partial charge in [0.2, 0.25) is 0 Å². The molecule has 4 nitrogen and oxygen atoms in total. The van der Waals surface area contributed by atoms with E-state index in [0.717, 1.165) is 43.9 Å². The molecule has 6 rings (SSSR count). The predicted octanol–water partition coefficient (Wildman–Crippen LogP) is 5.76. The zero-order valence-electron chi connectivity index (χ0n) is 19.0. The Morgan fingerprint density at radius 1 is 1.00 bits per heavy atom. The summed E-state index contributed by atoms with van der Waals surface area (Å²) in [5, 5.41) is 13.5. The second kappa shape index (κ2) is 6.66. The minimum Gasteiger partial charge on any atom is -0.424 e. The monoisotopic (exact) mass is 434 g/mol. The Labute approximate surface area is 190 Å². The molecule has 3 fully saturated rings. The summed E-state index contributed by atoms with van der Waals surface area (Å²) in [6.45, 7) is 4.61. The van der Waals surface area contributed by atoms with Crippen molar-refractivity contribution in [2.24, 2.45) is 28.6 Å². The van der Waals surface area contributed by atoms with Crippen LogP contribution in [-0.2, 0) is 10.4 Å². The third-order valence-electron chi connectivity index (χ3n) is 10.2. The fourth-order valence-corrected chi connectivity index (χ4v) is 8.32. The van der Waals surface area contributed by atoms with Crippen molar-refractivity contribution in [1.82, 2.24) is 0 Å². The van der Waals surface area contributed by atoms with Crippen LogP contribution >= 0.6 is 0 Å². The number of benzene rings is 1. The molecule has 0 bridgehead atoms. The Hall–Kier alpha value is -2.20. The van der Waals surface area contributed by atoms with E-state index in [9.17, 15) is 14.7 Å². The Balaban J connectivity index is 0.00000228. The molecule has 1 N–H and O–H groups in total. The topological polar surface area (TPSA) is 67.5 Å². The molecule has 32 heavy (non-hydrogen) atoms. The van der Waals surface area contributed by atoms with Gasteiger partial charge in [-0.15, -0.1) is 0 Å². The number of carbonyl (C=O) groups excluding carboxylic acids is 1. The summed E-state index contributed by atoms with van der Waals surface area (Å²) in [6, 6.07) is 9.36. The van der Waals surface area contributed by atoms with Gasteiger partial charge in [0.25, 0.3) is 0 Å². The molecule has 0 aliphatic heterocycles. The highest BCUT2D eigenvalue weighted by atomic mass is 16.4. The molecule has 3 saturated carbocycles. The Morgan fingerprint density at radius 3 is 2.62 bits per heavy atom. The van der Waals surface area contributed by atoms with Crippen LogP contribution in [-0.4, -0.2) is 10.9 Å². The molecule has 1 aromatic carbocycles. The summed E-state index contributed by atoms with van der Waals surface area (Å²) >= 11 is 0. The highest BCUT2D eigenvalue weighted by molar-refractivity contribution is 5.91. The van der Waals surface area contributed by atoms with E-state index in [1.54, 1.807) is 6.07 Å². The molecule has 6 atom stereocenters. The van der Waals surface area contributed by atoms with Crippen molar-refractivity contribution >= 4 is 16.6 Å². The highest BCUT2D eigenvalue weighted by Gasteiger charge is 2.65. The van der Waals surface area contributed by atoms with E-state index >= 15 is 0 Å². The van der Waals surface area contributed by atoms with Gasteiger partial charge >= 0.3 is 5.63 Å². The smallest absolute Gasteiger partial charge is 0.343 e. The summed E-state index contributed by atoms with van der Waals surface area (Å²) in [4.78, 5) is 24.8. The van der Waals surface area contributed by atoms with Gasteiger partial charge < -0.3 is 9.52 Å². The zero-order chi connectivity index (χ0) is 22.3. The quantitative estimate of drug-likeness (QED) is 0.620. The summed E-state index contributed by atoms with van der Waals surface area (Å²) in [5.41, 5.74) is -0.305.